The highest BCUT2D eigenvalue weighted by molar-refractivity contribution is 5.89. The molecule has 0 aromatic carbocycles. The van der Waals surface area contributed by atoms with Gasteiger partial charge in [-0.2, -0.15) is 0 Å². The minimum absolute atomic E-state index is 0.0918. The molecule has 0 bridgehead atoms. The fourth-order valence-corrected chi connectivity index (χ4v) is 7.74. The molecule has 2 N–H and O–H groups in total. The van der Waals surface area contributed by atoms with Crippen molar-refractivity contribution in [2.24, 2.45) is 17.8 Å². The molecular formula is C34H60O4. The summed E-state index contributed by atoms with van der Waals surface area (Å²) in [5.74, 6) is -0.602. The summed E-state index contributed by atoms with van der Waals surface area (Å²) < 4.78 is 6.19. The highest BCUT2D eigenvalue weighted by atomic mass is 16.5. The van der Waals surface area contributed by atoms with Crippen LogP contribution in [0.25, 0.3) is 0 Å². The van der Waals surface area contributed by atoms with Crippen molar-refractivity contribution in [2.45, 2.75) is 179 Å². The second-order valence-electron chi connectivity index (χ2n) is 13.0. The van der Waals surface area contributed by atoms with Crippen molar-refractivity contribution in [2.75, 3.05) is 0 Å². The van der Waals surface area contributed by atoms with E-state index in [4.69, 9.17) is 4.74 Å². The minimum Gasteiger partial charge on any atom is -0.481 e. The van der Waals surface area contributed by atoms with Crippen LogP contribution in [0.1, 0.15) is 173 Å². The van der Waals surface area contributed by atoms with E-state index in [2.05, 4.69) is 0 Å². The van der Waals surface area contributed by atoms with E-state index in [0.717, 1.165) is 51.4 Å². The van der Waals surface area contributed by atoms with E-state index in [1.165, 1.54) is 122 Å². The first-order valence-electron chi connectivity index (χ1n) is 17.0. The van der Waals surface area contributed by atoms with Crippen molar-refractivity contribution in [3.05, 3.63) is 11.5 Å². The Morgan fingerprint density at radius 1 is 0.474 bits per heavy atom. The molecule has 0 heterocycles. The van der Waals surface area contributed by atoms with E-state index in [9.17, 15) is 15.0 Å². The van der Waals surface area contributed by atoms with Crippen LogP contribution in [0, 0.1) is 17.8 Å². The second-order valence-corrected chi connectivity index (χ2v) is 13.0. The van der Waals surface area contributed by atoms with Crippen LogP contribution >= 0.6 is 0 Å². The zero-order valence-corrected chi connectivity index (χ0v) is 24.6. The van der Waals surface area contributed by atoms with Gasteiger partial charge in [-0.05, 0) is 63.2 Å². The molecule has 0 saturated heterocycles. The molecule has 0 radical (unpaired) electrons. The average Bonchev–Trinajstić information content (AvgIpc) is 2.92. The molecule has 3 aliphatic carbocycles. The average molecular weight is 533 g/mol. The lowest BCUT2D eigenvalue weighted by atomic mass is 9.69. The summed E-state index contributed by atoms with van der Waals surface area (Å²) in [5, 5.41) is 21.4. The third-order valence-corrected chi connectivity index (χ3v) is 9.94. The maximum Gasteiger partial charge on any atom is 0.341 e. The topological polar surface area (TPSA) is 66.8 Å². The van der Waals surface area contributed by atoms with E-state index in [1.807, 2.05) is 0 Å². The van der Waals surface area contributed by atoms with Gasteiger partial charge < -0.3 is 14.9 Å². The summed E-state index contributed by atoms with van der Waals surface area (Å²) in [6.45, 7) is 0. The van der Waals surface area contributed by atoms with Crippen LogP contribution in [0.5, 0.6) is 0 Å². The van der Waals surface area contributed by atoms with E-state index >= 15 is 0 Å². The van der Waals surface area contributed by atoms with Gasteiger partial charge in [0.15, 0.2) is 0 Å². The van der Waals surface area contributed by atoms with Crippen LogP contribution in [-0.2, 0) is 9.53 Å². The van der Waals surface area contributed by atoms with E-state index < -0.39 is 11.9 Å². The third kappa shape index (κ3) is 11.5. The summed E-state index contributed by atoms with van der Waals surface area (Å²) in [4.78, 5) is 13.9. The minimum atomic E-state index is -0.756. The summed E-state index contributed by atoms with van der Waals surface area (Å²) >= 11 is 0. The highest BCUT2D eigenvalue weighted by Gasteiger charge is 2.39. The van der Waals surface area contributed by atoms with Gasteiger partial charge in [-0.25, -0.2) is 4.79 Å². The van der Waals surface area contributed by atoms with Crippen molar-refractivity contribution >= 4 is 5.97 Å². The number of carbonyl (C=O) groups is 1. The van der Waals surface area contributed by atoms with Crippen molar-refractivity contribution in [1.82, 2.24) is 0 Å². The van der Waals surface area contributed by atoms with Gasteiger partial charge >= 0.3 is 5.97 Å². The van der Waals surface area contributed by atoms with E-state index in [-0.39, 0.29) is 17.6 Å². The molecule has 0 unspecified atom stereocenters. The normalized spacial score (nSPS) is 23.8. The number of esters is 1. The second kappa shape index (κ2) is 19.0. The lowest BCUT2D eigenvalue weighted by Crippen LogP contribution is -2.33. The van der Waals surface area contributed by atoms with Gasteiger partial charge in [0.2, 0.25) is 0 Å². The maximum atomic E-state index is 13.9. The van der Waals surface area contributed by atoms with Crippen LogP contribution in [-0.4, -0.2) is 22.3 Å². The lowest BCUT2D eigenvalue weighted by molar-refractivity contribution is -0.147. The van der Waals surface area contributed by atoms with Gasteiger partial charge in [-0.3, -0.25) is 0 Å². The molecule has 0 amide bonds. The SMILES string of the molecule is O=C(OC1CCCCCCCCC1)C(=C(O)O)C(C1CCCCCCCCC1)C1CCCCCCCCC1. The molecule has 4 heteroatoms. The number of hydrogen-bond acceptors (Lipinski definition) is 4. The predicted octanol–water partition coefficient (Wildman–Crippen LogP) is 10.6. The first kappa shape index (κ1) is 31.3. The number of aliphatic hydroxyl groups excluding tert-OH is 1. The van der Waals surface area contributed by atoms with Gasteiger partial charge in [0.1, 0.15) is 11.7 Å². The zero-order chi connectivity index (χ0) is 26.8. The van der Waals surface area contributed by atoms with Crippen molar-refractivity contribution in [1.29, 1.82) is 0 Å². The van der Waals surface area contributed by atoms with Gasteiger partial charge in [-0.15, -0.1) is 0 Å². The Morgan fingerprint density at radius 2 is 0.763 bits per heavy atom. The van der Waals surface area contributed by atoms with Gasteiger partial charge in [0.05, 0.1) is 0 Å². The molecule has 220 valence electrons. The molecule has 0 aromatic heterocycles. The molecule has 0 aromatic rings. The highest BCUT2D eigenvalue weighted by Crippen LogP contribution is 2.42. The summed E-state index contributed by atoms with van der Waals surface area (Å²) in [6, 6.07) is 0. The van der Waals surface area contributed by atoms with Crippen LogP contribution in [0.15, 0.2) is 11.5 Å². The van der Waals surface area contributed by atoms with E-state index in [0.29, 0.717) is 11.8 Å². The number of ether oxygens (including phenoxy) is 1. The molecule has 0 aliphatic heterocycles. The monoisotopic (exact) mass is 532 g/mol. The summed E-state index contributed by atoms with van der Waals surface area (Å²) in [5.41, 5.74) is 0.228. The van der Waals surface area contributed by atoms with Gasteiger partial charge in [-0.1, -0.05) is 122 Å². The Balaban J connectivity index is 1.84. The Labute approximate surface area is 234 Å². The molecule has 38 heavy (non-hydrogen) atoms. The Bertz CT molecular complexity index is 611. The van der Waals surface area contributed by atoms with Gasteiger partial charge in [0, 0.05) is 5.92 Å². The maximum absolute atomic E-state index is 13.9. The summed E-state index contributed by atoms with van der Waals surface area (Å²) in [6.07, 6.45) is 32.2. The molecule has 3 aliphatic rings. The zero-order valence-electron chi connectivity index (χ0n) is 24.6. The van der Waals surface area contributed by atoms with Crippen molar-refractivity contribution in [3.8, 4) is 0 Å². The predicted molar refractivity (Wildman–Crippen MR) is 157 cm³/mol. The van der Waals surface area contributed by atoms with Crippen LogP contribution in [0.4, 0.5) is 0 Å². The fourth-order valence-electron chi connectivity index (χ4n) is 7.74. The molecular weight excluding hydrogens is 472 g/mol. The number of carbonyl (C=O) groups excluding carboxylic acids is 1. The van der Waals surface area contributed by atoms with Crippen LogP contribution < -0.4 is 0 Å². The number of hydrogen-bond donors (Lipinski definition) is 2. The molecule has 3 saturated carbocycles. The lowest BCUT2D eigenvalue weighted by Gasteiger charge is -2.36. The van der Waals surface area contributed by atoms with Crippen LogP contribution in [0.3, 0.4) is 0 Å². The quantitative estimate of drug-likeness (QED) is 0.210. The first-order valence-corrected chi connectivity index (χ1v) is 17.0. The fraction of sp³-hybridized carbons (Fsp3) is 0.912. The summed E-state index contributed by atoms with van der Waals surface area (Å²) in [7, 11) is 0. The molecule has 4 nitrogen and oxygen atoms in total. The van der Waals surface area contributed by atoms with Gasteiger partial charge in [0.25, 0.3) is 5.95 Å². The van der Waals surface area contributed by atoms with Crippen molar-refractivity contribution in [3.63, 3.8) is 0 Å². The molecule has 0 atom stereocenters. The standard InChI is InChI=1S/C34H60O4/c35-33(36)32(34(37)38-30-26-20-14-8-3-9-15-21-27-30)31(28-22-16-10-4-1-5-11-17-23-28)29-24-18-12-6-2-7-13-19-25-29/h28-31,35-36H,1-27H2. The Hall–Kier alpha value is -1.19. The Morgan fingerprint density at radius 3 is 1.08 bits per heavy atom. The number of aliphatic hydroxyl groups is 2. The van der Waals surface area contributed by atoms with Crippen molar-refractivity contribution < 1.29 is 19.7 Å². The first-order chi connectivity index (χ1) is 18.7. The molecule has 3 rings (SSSR count). The third-order valence-electron chi connectivity index (χ3n) is 9.94. The smallest absolute Gasteiger partial charge is 0.341 e. The molecule has 0 spiro atoms. The largest absolute Gasteiger partial charge is 0.481 e. The number of rotatable bonds is 5. The van der Waals surface area contributed by atoms with Crippen LogP contribution in [0.2, 0.25) is 0 Å². The van der Waals surface area contributed by atoms with E-state index in [1.54, 1.807) is 0 Å². The molecule has 3 fully saturated rings. The Kier molecular flexibility index (Phi) is 15.7.